The van der Waals surface area contributed by atoms with Crippen molar-refractivity contribution in [3.8, 4) is 0 Å². The van der Waals surface area contributed by atoms with Gasteiger partial charge in [-0.2, -0.15) is 0 Å². The van der Waals surface area contributed by atoms with Crippen LogP contribution in [0.3, 0.4) is 0 Å². The Morgan fingerprint density at radius 3 is 2.93 bits per heavy atom. The molecule has 1 fully saturated rings. The van der Waals surface area contributed by atoms with Gasteiger partial charge in [0.05, 0.1) is 24.3 Å². The minimum Gasteiger partial charge on any atom is -0.378 e. The molecular formula is C10H12Cl2FNO. The Balaban J connectivity index is 0.00000112. The second kappa shape index (κ2) is 5.66. The smallest absolute Gasteiger partial charge is 0.142 e. The summed E-state index contributed by atoms with van der Waals surface area (Å²) in [6.45, 7) is 2.02. The van der Waals surface area contributed by atoms with Crippen molar-refractivity contribution in [2.45, 2.75) is 6.04 Å². The van der Waals surface area contributed by atoms with E-state index in [1.54, 1.807) is 6.07 Å². The third kappa shape index (κ3) is 2.82. The van der Waals surface area contributed by atoms with Crippen LogP contribution in [0.5, 0.6) is 0 Å². The fourth-order valence-electron chi connectivity index (χ4n) is 1.55. The molecule has 1 aliphatic heterocycles. The van der Waals surface area contributed by atoms with Crippen molar-refractivity contribution in [2.75, 3.05) is 19.8 Å². The molecular weight excluding hydrogens is 240 g/mol. The molecule has 1 saturated heterocycles. The highest BCUT2D eigenvalue weighted by atomic mass is 35.5. The van der Waals surface area contributed by atoms with Crippen LogP contribution in [-0.2, 0) is 4.74 Å². The van der Waals surface area contributed by atoms with Crippen molar-refractivity contribution in [1.82, 2.24) is 5.32 Å². The molecule has 15 heavy (non-hydrogen) atoms. The van der Waals surface area contributed by atoms with Crippen LogP contribution in [0.1, 0.15) is 11.6 Å². The van der Waals surface area contributed by atoms with Crippen molar-refractivity contribution >= 4 is 24.0 Å². The number of hydrogen-bond acceptors (Lipinski definition) is 2. The van der Waals surface area contributed by atoms with Crippen molar-refractivity contribution < 1.29 is 9.13 Å². The summed E-state index contributed by atoms with van der Waals surface area (Å²) in [7, 11) is 0. The van der Waals surface area contributed by atoms with Crippen LogP contribution in [0.25, 0.3) is 0 Å². The molecule has 1 aromatic carbocycles. The zero-order valence-electron chi connectivity index (χ0n) is 8.00. The lowest BCUT2D eigenvalue weighted by molar-refractivity contribution is 0.0768. The van der Waals surface area contributed by atoms with Gasteiger partial charge in [0, 0.05) is 6.54 Å². The number of ether oxygens (including phenoxy) is 1. The van der Waals surface area contributed by atoms with Gasteiger partial charge >= 0.3 is 0 Å². The molecule has 0 radical (unpaired) electrons. The number of benzene rings is 1. The maximum atomic E-state index is 13.1. The highest BCUT2D eigenvalue weighted by Gasteiger charge is 2.19. The molecule has 1 heterocycles. The minimum atomic E-state index is -0.378. The first kappa shape index (κ1) is 12.7. The minimum absolute atomic E-state index is 0. The predicted molar refractivity (Wildman–Crippen MR) is 60.2 cm³/mol. The molecule has 0 bridgehead atoms. The molecule has 2 nitrogen and oxygen atoms in total. The van der Waals surface area contributed by atoms with Gasteiger partial charge < -0.3 is 10.1 Å². The average Bonchev–Trinajstić information content (AvgIpc) is 2.23. The number of nitrogens with one attached hydrogen (secondary N) is 1. The lowest BCUT2D eigenvalue weighted by Gasteiger charge is -2.24. The van der Waals surface area contributed by atoms with Gasteiger partial charge in [-0.3, -0.25) is 0 Å². The predicted octanol–water partition coefficient (Wildman–Crippen LogP) is 2.56. The van der Waals surface area contributed by atoms with Gasteiger partial charge in [-0.25, -0.2) is 4.39 Å². The fourth-order valence-corrected chi connectivity index (χ4v) is 1.81. The molecule has 1 aromatic rings. The summed E-state index contributed by atoms with van der Waals surface area (Å²) in [6, 6.07) is 4.84. The Morgan fingerprint density at radius 2 is 2.27 bits per heavy atom. The van der Waals surface area contributed by atoms with Gasteiger partial charge in [-0.1, -0.05) is 23.7 Å². The monoisotopic (exact) mass is 251 g/mol. The molecule has 2 rings (SSSR count). The van der Waals surface area contributed by atoms with Gasteiger partial charge in [0.1, 0.15) is 5.82 Å². The molecule has 0 amide bonds. The van der Waals surface area contributed by atoms with Crippen molar-refractivity contribution in [3.63, 3.8) is 0 Å². The zero-order chi connectivity index (χ0) is 9.97. The first-order valence-corrected chi connectivity index (χ1v) is 4.92. The first-order chi connectivity index (χ1) is 6.79. The van der Waals surface area contributed by atoms with E-state index in [4.69, 9.17) is 16.3 Å². The third-order valence-electron chi connectivity index (χ3n) is 2.28. The highest BCUT2D eigenvalue weighted by molar-refractivity contribution is 6.31. The van der Waals surface area contributed by atoms with Crippen LogP contribution in [-0.4, -0.2) is 19.8 Å². The average molecular weight is 252 g/mol. The molecule has 1 atom stereocenters. The van der Waals surface area contributed by atoms with E-state index in [2.05, 4.69) is 5.32 Å². The Kier molecular flexibility index (Phi) is 4.80. The van der Waals surface area contributed by atoms with E-state index >= 15 is 0 Å². The second-order valence-electron chi connectivity index (χ2n) is 3.22. The topological polar surface area (TPSA) is 21.3 Å². The molecule has 1 N–H and O–H groups in total. The summed E-state index contributed by atoms with van der Waals surface area (Å²) in [5.41, 5.74) is 0.770. The normalized spacial score (nSPS) is 20.8. The molecule has 0 aromatic heterocycles. The quantitative estimate of drug-likeness (QED) is 0.829. The van der Waals surface area contributed by atoms with E-state index in [9.17, 15) is 4.39 Å². The third-order valence-corrected chi connectivity index (χ3v) is 2.68. The van der Waals surface area contributed by atoms with Crippen LogP contribution >= 0.6 is 24.0 Å². The molecule has 84 valence electrons. The number of rotatable bonds is 1. The Bertz CT molecular complexity index is 329. The van der Waals surface area contributed by atoms with E-state index in [-0.39, 0.29) is 29.3 Å². The van der Waals surface area contributed by atoms with E-state index in [1.807, 2.05) is 6.07 Å². The first-order valence-electron chi connectivity index (χ1n) is 4.54. The highest BCUT2D eigenvalue weighted by Crippen LogP contribution is 2.26. The van der Waals surface area contributed by atoms with Gasteiger partial charge in [-0.15, -0.1) is 12.4 Å². The zero-order valence-corrected chi connectivity index (χ0v) is 9.58. The van der Waals surface area contributed by atoms with Gasteiger partial charge in [0.2, 0.25) is 0 Å². The number of halogens is 3. The molecule has 0 unspecified atom stereocenters. The fraction of sp³-hybridized carbons (Fsp3) is 0.400. The van der Waals surface area contributed by atoms with Gasteiger partial charge in [0.15, 0.2) is 0 Å². The standard InChI is InChI=1S/C10H11ClFNO.ClH/c11-10-7(2-1-3-8(10)12)9-6-14-5-4-13-9;/h1-3,9,13H,4-6H2;1H/t9-;/m1./s1. The summed E-state index contributed by atoms with van der Waals surface area (Å²) in [5, 5.41) is 3.42. The molecule has 0 spiro atoms. The summed E-state index contributed by atoms with van der Waals surface area (Å²) in [4.78, 5) is 0. The number of morpholine rings is 1. The Labute approximate surface area is 99.2 Å². The lowest BCUT2D eigenvalue weighted by atomic mass is 10.1. The summed E-state index contributed by atoms with van der Waals surface area (Å²) in [5.74, 6) is -0.378. The molecule has 5 heteroatoms. The molecule has 0 saturated carbocycles. The summed E-state index contributed by atoms with van der Waals surface area (Å²) >= 11 is 5.86. The van der Waals surface area contributed by atoms with E-state index < -0.39 is 0 Å². The van der Waals surface area contributed by atoms with Crippen molar-refractivity contribution in [2.24, 2.45) is 0 Å². The van der Waals surface area contributed by atoms with Crippen LogP contribution in [0.4, 0.5) is 4.39 Å². The maximum Gasteiger partial charge on any atom is 0.142 e. The summed E-state index contributed by atoms with van der Waals surface area (Å²) < 4.78 is 18.4. The SMILES string of the molecule is Cl.Fc1cccc([C@H]2COCCN2)c1Cl. The molecule has 1 aliphatic rings. The van der Waals surface area contributed by atoms with Crippen LogP contribution < -0.4 is 5.32 Å². The van der Waals surface area contributed by atoms with Gasteiger partial charge in [-0.05, 0) is 11.6 Å². The number of hydrogen-bond donors (Lipinski definition) is 1. The van der Waals surface area contributed by atoms with E-state index in [0.717, 1.165) is 12.1 Å². The second-order valence-corrected chi connectivity index (χ2v) is 3.60. The lowest BCUT2D eigenvalue weighted by Crippen LogP contribution is -2.34. The Morgan fingerprint density at radius 1 is 1.47 bits per heavy atom. The van der Waals surface area contributed by atoms with Gasteiger partial charge in [0.25, 0.3) is 0 Å². The largest absolute Gasteiger partial charge is 0.378 e. The van der Waals surface area contributed by atoms with Crippen molar-refractivity contribution in [1.29, 1.82) is 0 Å². The molecule has 0 aliphatic carbocycles. The summed E-state index contributed by atoms with van der Waals surface area (Å²) in [6.07, 6.45) is 0. The maximum absolute atomic E-state index is 13.1. The van der Waals surface area contributed by atoms with E-state index in [1.165, 1.54) is 6.07 Å². The van der Waals surface area contributed by atoms with Crippen molar-refractivity contribution in [3.05, 3.63) is 34.6 Å². The van der Waals surface area contributed by atoms with E-state index in [0.29, 0.717) is 13.2 Å². The van der Waals surface area contributed by atoms with Crippen LogP contribution in [0, 0.1) is 5.82 Å². The van der Waals surface area contributed by atoms with Crippen LogP contribution in [0.2, 0.25) is 5.02 Å². The Hall–Kier alpha value is -0.350. The van der Waals surface area contributed by atoms with Crippen LogP contribution in [0.15, 0.2) is 18.2 Å².